The van der Waals surface area contributed by atoms with Crippen molar-refractivity contribution < 1.29 is 19.0 Å². The maximum atomic E-state index is 12.7. The van der Waals surface area contributed by atoms with Gasteiger partial charge in [0.2, 0.25) is 5.91 Å². The zero-order valence-electron chi connectivity index (χ0n) is 14.5. The first-order valence-corrected chi connectivity index (χ1v) is 9.31. The molecule has 3 fully saturated rings. The van der Waals surface area contributed by atoms with Gasteiger partial charge in [-0.3, -0.25) is 9.78 Å². The number of aromatic nitrogens is 1. The van der Waals surface area contributed by atoms with Gasteiger partial charge >= 0.3 is 0 Å². The maximum Gasteiger partial charge on any atom is 0.228 e. The van der Waals surface area contributed by atoms with Crippen LogP contribution in [-0.2, 0) is 25.6 Å². The van der Waals surface area contributed by atoms with Gasteiger partial charge in [0.05, 0.1) is 44.0 Å². The molecule has 136 valence electrons. The van der Waals surface area contributed by atoms with Crippen molar-refractivity contribution in [3.8, 4) is 0 Å². The fraction of sp³-hybridized carbons (Fsp3) is 0.684. The number of ether oxygens (including phenoxy) is 3. The Hall–Kier alpha value is -1.50. The molecule has 6 heteroatoms. The normalized spacial score (nSPS) is 31.9. The average Bonchev–Trinajstić information content (AvgIpc) is 3.32. The van der Waals surface area contributed by atoms with Crippen LogP contribution in [0.1, 0.15) is 31.2 Å². The molecule has 0 spiro atoms. The summed E-state index contributed by atoms with van der Waals surface area (Å²) in [4.78, 5) is 18.8. The van der Waals surface area contributed by atoms with Crippen LogP contribution < -0.4 is 0 Å². The van der Waals surface area contributed by atoms with Crippen molar-refractivity contribution in [1.29, 1.82) is 0 Å². The summed E-state index contributed by atoms with van der Waals surface area (Å²) in [5, 5.41) is 0. The number of fused-ring (bicyclic) bond motifs is 1. The maximum absolute atomic E-state index is 12.7. The number of hydrogen-bond acceptors (Lipinski definition) is 5. The molecule has 1 aromatic rings. The Morgan fingerprint density at radius 3 is 3.08 bits per heavy atom. The molecule has 0 N–H and O–H groups in total. The van der Waals surface area contributed by atoms with Crippen LogP contribution in [0.25, 0.3) is 0 Å². The number of nitrogens with zero attached hydrogens (tertiary/aromatic N) is 2. The van der Waals surface area contributed by atoms with Gasteiger partial charge in [0, 0.05) is 25.5 Å². The molecule has 3 aliphatic heterocycles. The van der Waals surface area contributed by atoms with Crippen LogP contribution >= 0.6 is 0 Å². The zero-order valence-corrected chi connectivity index (χ0v) is 14.5. The number of carbonyl (C=O) groups excluding carboxylic acids is 1. The van der Waals surface area contributed by atoms with E-state index < -0.39 is 0 Å². The van der Waals surface area contributed by atoms with Crippen LogP contribution in [0, 0.1) is 5.92 Å². The summed E-state index contributed by atoms with van der Waals surface area (Å²) in [6.07, 6.45) is 7.62. The van der Waals surface area contributed by atoms with Crippen LogP contribution in [0.15, 0.2) is 24.5 Å². The van der Waals surface area contributed by atoms with E-state index in [0.29, 0.717) is 26.4 Å². The van der Waals surface area contributed by atoms with Gasteiger partial charge < -0.3 is 19.1 Å². The van der Waals surface area contributed by atoms with Gasteiger partial charge in [-0.15, -0.1) is 0 Å². The summed E-state index contributed by atoms with van der Waals surface area (Å²) in [6, 6.07) is 4.17. The monoisotopic (exact) mass is 346 g/mol. The van der Waals surface area contributed by atoms with Crippen LogP contribution in [-0.4, -0.2) is 60.4 Å². The molecule has 1 aromatic heterocycles. The minimum Gasteiger partial charge on any atom is -0.381 e. The van der Waals surface area contributed by atoms with E-state index in [1.54, 1.807) is 6.20 Å². The number of rotatable bonds is 5. The molecule has 0 aliphatic carbocycles. The lowest BCUT2D eigenvalue weighted by molar-refractivity contribution is -0.143. The largest absolute Gasteiger partial charge is 0.381 e. The lowest BCUT2D eigenvalue weighted by Crippen LogP contribution is -2.47. The van der Waals surface area contributed by atoms with Crippen LogP contribution in [0.3, 0.4) is 0 Å². The van der Waals surface area contributed by atoms with Gasteiger partial charge in [0.1, 0.15) is 0 Å². The second-order valence-corrected chi connectivity index (χ2v) is 7.20. The molecule has 3 saturated heterocycles. The fourth-order valence-corrected chi connectivity index (χ4v) is 4.15. The first kappa shape index (κ1) is 16.9. The Balaban J connectivity index is 1.25. The average molecular weight is 346 g/mol. The third-order valence-corrected chi connectivity index (χ3v) is 5.49. The first-order valence-electron chi connectivity index (χ1n) is 9.31. The number of likely N-dealkylation sites (tertiary alicyclic amines) is 1. The van der Waals surface area contributed by atoms with Crippen LogP contribution in [0.2, 0.25) is 0 Å². The van der Waals surface area contributed by atoms with Crippen molar-refractivity contribution in [2.75, 3.05) is 26.4 Å². The lowest BCUT2D eigenvalue weighted by Gasteiger charge is -2.36. The van der Waals surface area contributed by atoms with E-state index in [4.69, 9.17) is 14.2 Å². The lowest BCUT2D eigenvalue weighted by atomic mass is 9.98. The molecule has 0 unspecified atom stereocenters. The van der Waals surface area contributed by atoms with Crippen molar-refractivity contribution in [1.82, 2.24) is 9.88 Å². The molecular weight excluding hydrogens is 320 g/mol. The fourth-order valence-electron chi connectivity index (χ4n) is 4.15. The smallest absolute Gasteiger partial charge is 0.228 e. The quantitative estimate of drug-likeness (QED) is 0.813. The molecule has 4 atom stereocenters. The summed E-state index contributed by atoms with van der Waals surface area (Å²) in [5.74, 6) is 0.319. The number of amides is 1. The molecule has 0 radical (unpaired) electrons. The van der Waals surface area contributed by atoms with Crippen LogP contribution in [0.5, 0.6) is 0 Å². The van der Waals surface area contributed by atoms with Gasteiger partial charge in [0.15, 0.2) is 0 Å². The number of pyridine rings is 1. The highest BCUT2D eigenvalue weighted by molar-refractivity contribution is 5.80. The van der Waals surface area contributed by atoms with Crippen molar-refractivity contribution in [3.05, 3.63) is 30.1 Å². The third kappa shape index (κ3) is 3.86. The van der Waals surface area contributed by atoms with E-state index in [1.165, 1.54) is 0 Å². The van der Waals surface area contributed by atoms with Gasteiger partial charge in [-0.25, -0.2) is 0 Å². The van der Waals surface area contributed by atoms with E-state index in [-0.39, 0.29) is 30.1 Å². The summed E-state index contributed by atoms with van der Waals surface area (Å²) in [5.41, 5.74) is 1.08. The van der Waals surface area contributed by atoms with Gasteiger partial charge in [-0.2, -0.15) is 0 Å². The Labute approximate surface area is 148 Å². The van der Waals surface area contributed by atoms with E-state index >= 15 is 0 Å². The van der Waals surface area contributed by atoms with E-state index in [0.717, 1.165) is 37.8 Å². The zero-order chi connectivity index (χ0) is 17.1. The highest BCUT2D eigenvalue weighted by Crippen LogP contribution is 2.33. The standard InChI is InChI=1S/C19H26N2O4/c22-19(15-6-9-23-12-15)21-8-5-18-17(21)4-3-16(25-18)13-24-11-14-2-1-7-20-10-14/h1-2,7,10,15-18H,3-6,8-9,11-13H2/t15-,16+,17+,18+/m1/s1. The Morgan fingerprint density at radius 2 is 2.28 bits per heavy atom. The third-order valence-electron chi connectivity index (χ3n) is 5.49. The topological polar surface area (TPSA) is 60.9 Å². The predicted molar refractivity (Wildman–Crippen MR) is 90.8 cm³/mol. The minimum atomic E-state index is 0.0549. The number of hydrogen-bond donors (Lipinski definition) is 0. The van der Waals surface area contributed by atoms with Crippen molar-refractivity contribution >= 4 is 5.91 Å². The molecule has 1 amide bonds. The Kier molecular flexibility index (Phi) is 5.29. The Bertz CT molecular complexity index is 576. The van der Waals surface area contributed by atoms with Gasteiger partial charge in [0.25, 0.3) is 0 Å². The summed E-state index contributed by atoms with van der Waals surface area (Å²) in [7, 11) is 0. The predicted octanol–water partition coefficient (Wildman–Crippen LogP) is 1.78. The van der Waals surface area contributed by atoms with Gasteiger partial charge in [-0.05, 0) is 37.3 Å². The van der Waals surface area contributed by atoms with E-state index in [9.17, 15) is 4.79 Å². The molecule has 4 rings (SSSR count). The second kappa shape index (κ2) is 7.81. The SMILES string of the molecule is O=C([C@@H]1CCOC1)N1CC[C@@H]2O[C@H](COCc3cccnc3)CC[C@@H]21. The molecule has 6 nitrogen and oxygen atoms in total. The summed E-state index contributed by atoms with van der Waals surface area (Å²) >= 11 is 0. The summed E-state index contributed by atoms with van der Waals surface area (Å²) in [6.45, 7) is 3.27. The minimum absolute atomic E-state index is 0.0549. The molecule has 3 aliphatic rings. The second-order valence-electron chi connectivity index (χ2n) is 7.20. The van der Waals surface area contributed by atoms with Gasteiger partial charge in [-0.1, -0.05) is 6.07 Å². The summed E-state index contributed by atoms with van der Waals surface area (Å²) < 4.78 is 17.4. The highest BCUT2D eigenvalue weighted by atomic mass is 16.5. The first-order chi connectivity index (χ1) is 12.3. The molecule has 0 aromatic carbocycles. The van der Waals surface area contributed by atoms with Crippen molar-refractivity contribution in [2.45, 2.75) is 50.5 Å². The Morgan fingerprint density at radius 1 is 1.32 bits per heavy atom. The molecule has 25 heavy (non-hydrogen) atoms. The van der Waals surface area contributed by atoms with Crippen molar-refractivity contribution in [3.63, 3.8) is 0 Å². The van der Waals surface area contributed by atoms with Crippen molar-refractivity contribution in [2.24, 2.45) is 5.92 Å². The molecular formula is C19H26N2O4. The van der Waals surface area contributed by atoms with E-state index in [2.05, 4.69) is 9.88 Å². The van der Waals surface area contributed by atoms with Crippen LogP contribution in [0.4, 0.5) is 0 Å². The molecule has 0 bridgehead atoms. The number of carbonyl (C=O) groups is 1. The van der Waals surface area contributed by atoms with E-state index in [1.807, 2.05) is 18.3 Å². The highest BCUT2D eigenvalue weighted by Gasteiger charge is 2.43. The molecule has 4 heterocycles. The molecule has 0 saturated carbocycles.